The highest BCUT2D eigenvalue weighted by Crippen LogP contribution is 2.15. The zero-order valence-corrected chi connectivity index (χ0v) is 8.09. The molecule has 5 heteroatoms. The van der Waals surface area contributed by atoms with Crippen LogP contribution in [0.1, 0.15) is 23.3 Å². The first-order valence-corrected chi connectivity index (χ1v) is 4.64. The molecule has 0 aliphatic heterocycles. The van der Waals surface area contributed by atoms with E-state index in [2.05, 4.69) is 15.2 Å². The standard InChI is InChI=1S/C10H12N4O/c11-9(7-4-2-1-3-5-7)10-12-8(6-15)13-14-10/h1-5,9,15H,6,11H2,(H,12,13,14)/t9-/m1/s1. The average molecular weight is 204 g/mol. The van der Waals surface area contributed by atoms with Gasteiger partial charge in [-0.3, -0.25) is 5.10 Å². The Morgan fingerprint density at radius 3 is 2.67 bits per heavy atom. The second kappa shape index (κ2) is 4.20. The second-order valence-corrected chi connectivity index (χ2v) is 3.19. The van der Waals surface area contributed by atoms with Gasteiger partial charge in [-0.15, -0.1) is 0 Å². The summed E-state index contributed by atoms with van der Waals surface area (Å²) in [6, 6.07) is 9.22. The number of hydrogen-bond donors (Lipinski definition) is 3. The van der Waals surface area contributed by atoms with Gasteiger partial charge in [0.05, 0.1) is 6.04 Å². The van der Waals surface area contributed by atoms with Crippen LogP contribution in [0.3, 0.4) is 0 Å². The molecule has 1 aromatic carbocycles. The van der Waals surface area contributed by atoms with Crippen molar-refractivity contribution in [1.29, 1.82) is 0 Å². The van der Waals surface area contributed by atoms with Gasteiger partial charge in [-0.25, -0.2) is 4.98 Å². The molecule has 4 N–H and O–H groups in total. The maximum atomic E-state index is 8.83. The zero-order valence-electron chi connectivity index (χ0n) is 8.09. The number of nitrogens with two attached hydrogens (primary N) is 1. The maximum Gasteiger partial charge on any atom is 0.171 e. The van der Waals surface area contributed by atoms with E-state index in [-0.39, 0.29) is 12.6 Å². The van der Waals surface area contributed by atoms with E-state index in [0.29, 0.717) is 11.6 Å². The molecule has 78 valence electrons. The number of nitrogens with zero attached hydrogens (tertiary/aromatic N) is 2. The summed E-state index contributed by atoms with van der Waals surface area (Å²) in [5.41, 5.74) is 6.90. The summed E-state index contributed by atoms with van der Waals surface area (Å²) in [7, 11) is 0. The molecule has 0 unspecified atom stereocenters. The lowest BCUT2D eigenvalue weighted by Gasteiger charge is -2.06. The molecule has 2 rings (SSSR count). The Balaban J connectivity index is 2.24. The van der Waals surface area contributed by atoms with Crippen LogP contribution in [0.5, 0.6) is 0 Å². The SMILES string of the molecule is N[C@H](c1ccccc1)c1n[nH]c(CO)n1. The monoisotopic (exact) mass is 204 g/mol. The first-order valence-electron chi connectivity index (χ1n) is 4.64. The van der Waals surface area contributed by atoms with Crippen molar-refractivity contribution in [3.63, 3.8) is 0 Å². The lowest BCUT2D eigenvalue weighted by Crippen LogP contribution is -2.13. The summed E-state index contributed by atoms with van der Waals surface area (Å²) >= 11 is 0. The molecule has 15 heavy (non-hydrogen) atoms. The molecule has 0 amide bonds. The van der Waals surface area contributed by atoms with Crippen LogP contribution in [0.15, 0.2) is 30.3 Å². The van der Waals surface area contributed by atoms with Crippen LogP contribution >= 0.6 is 0 Å². The summed E-state index contributed by atoms with van der Waals surface area (Å²) in [5.74, 6) is 0.918. The van der Waals surface area contributed by atoms with Crippen LogP contribution in [-0.4, -0.2) is 20.3 Å². The van der Waals surface area contributed by atoms with Crippen LogP contribution in [0, 0.1) is 0 Å². The molecule has 0 saturated carbocycles. The Bertz CT molecular complexity index is 426. The van der Waals surface area contributed by atoms with Gasteiger partial charge < -0.3 is 10.8 Å². The van der Waals surface area contributed by atoms with Crippen molar-refractivity contribution in [2.75, 3.05) is 0 Å². The number of aromatic amines is 1. The summed E-state index contributed by atoms with van der Waals surface area (Å²) in [5, 5.41) is 15.4. The third kappa shape index (κ3) is 2.03. The van der Waals surface area contributed by atoms with Gasteiger partial charge in [0.2, 0.25) is 0 Å². The fraction of sp³-hybridized carbons (Fsp3) is 0.200. The number of hydrogen-bond acceptors (Lipinski definition) is 4. The Morgan fingerprint density at radius 2 is 2.07 bits per heavy atom. The number of H-pyrrole nitrogens is 1. The van der Waals surface area contributed by atoms with Crippen molar-refractivity contribution in [3.8, 4) is 0 Å². The molecule has 1 atom stereocenters. The third-order valence-corrected chi connectivity index (χ3v) is 2.14. The van der Waals surface area contributed by atoms with Gasteiger partial charge in [0.25, 0.3) is 0 Å². The van der Waals surface area contributed by atoms with E-state index in [1.54, 1.807) is 0 Å². The highest BCUT2D eigenvalue weighted by Gasteiger charge is 2.13. The fourth-order valence-corrected chi connectivity index (χ4v) is 1.33. The van der Waals surface area contributed by atoms with E-state index in [1.165, 1.54) is 0 Å². The van der Waals surface area contributed by atoms with Crippen LogP contribution in [0.2, 0.25) is 0 Å². The topological polar surface area (TPSA) is 87.8 Å². The van der Waals surface area contributed by atoms with E-state index >= 15 is 0 Å². The minimum atomic E-state index is -0.359. The maximum absolute atomic E-state index is 8.83. The van der Waals surface area contributed by atoms with Crippen molar-refractivity contribution in [2.45, 2.75) is 12.6 Å². The van der Waals surface area contributed by atoms with Gasteiger partial charge in [-0.1, -0.05) is 30.3 Å². The third-order valence-electron chi connectivity index (χ3n) is 2.14. The molecule has 1 heterocycles. The van der Waals surface area contributed by atoms with Crippen LogP contribution in [0.4, 0.5) is 0 Å². The second-order valence-electron chi connectivity index (χ2n) is 3.19. The van der Waals surface area contributed by atoms with E-state index in [1.807, 2.05) is 30.3 Å². The number of aliphatic hydroxyl groups is 1. The molecule has 1 aromatic heterocycles. The summed E-state index contributed by atoms with van der Waals surface area (Å²) in [6.45, 7) is -0.158. The van der Waals surface area contributed by atoms with E-state index in [0.717, 1.165) is 5.56 Å². The van der Waals surface area contributed by atoms with Crippen molar-refractivity contribution in [1.82, 2.24) is 15.2 Å². The molecular formula is C10H12N4O. The van der Waals surface area contributed by atoms with Crippen LogP contribution in [-0.2, 0) is 6.61 Å². The van der Waals surface area contributed by atoms with Gasteiger partial charge >= 0.3 is 0 Å². The molecule has 0 radical (unpaired) electrons. The molecule has 0 fully saturated rings. The highest BCUT2D eigenvalue weighted by atomic mass is 16.3. The Kier molecular flexibility index (Phi) is 2.75. The molecule has 0 bridgehead atoms. The van der Waals surface area contributed by atoms with Gasteiger partial charge in [-0.2, -0.15) is 5.10 Å². The molecule has 5 nitrogen and oxygen atoms in total. The van der Waals surface area contributed by atoms with Gasteiger partial charge in [-0.05, 0) is 5.56 Å². The van der Waals surface area contributed by atoms with Crippen molar-refractivity contribution >= 4 is 0 Å². The quantitative estimate of drug-likeness (QED) is 0.673. The largest absolute Gasteiger partial charge is 0.388 e. The lowest BCUT2D eigenvalue weighted by molar-refractivity contribution is 0.271. The van der Waals surface area contributed by atoms with Gasteiger partial charge in [0, 0.05) is 0 Å². The molecule has 2 aromatic rings. The van der Waals surface area contributed by atoms with E-state index in [4.69, 9.17) is 10.8 Å². The van der Waals surface area contributed by atoms with Crippen molar-refractivity contribution in [2.24, 2.45) is 5.73 Å². The zero-order chi connectivity index (χ0) is 10.7. The average Bonchev–Trinajstić information content (AvgIpc) is 2.78. The Morgan fingerprint density at radius 1 is 1.33 bits per heavy atom. The molecule has 0 saturated heterocycles. The summed E-state index contributed by atoms with van der Waals surface area (Å²) in [4.78, 5) is 4.06. The van der Waals surface area contributed by atoms with E-state index < -0.39 is 0 Å². The van der Waals surface area contributed by atoms with Crippen LogP contribution < -0.4 is 5.73 Å². The van der Waals surface area contributed by atoms with E-state index in [9.17, 15) is 0 Å². The minimum Gasteiger partial charge on any atom is -0.388 e. The highest BCUT2D eigenvalue weighted by molar-refractivity contribution is 5.23. The lowest BCUT2D eigenvalue weighted by atomic mass is 10.1. The predicted molar refractivity (Wildman–Crippen MR) is 54.8 cm³/mol. The van der Waals surface area contributed by atoms with Crippen molar-refractivity contribution in [3.05, 3.63) is 47.5 Å². The Hall–Kier alpha value is -1.72. The smallest absolute Gasteiger partial charge is 0.171 e. The van der Waals surface area contributed by atoms with Gasteiger partial charge in [0.1, 0.15) is 12.4 Å². The normalized spacial score (nSPS) is 12.7. The Labute approximate surface area is 87.0 Å². The van der Waals surface area contributed by atoms with Gasteiger partial charge in [0.15, 0.2) is 5.82 Å². The minimum absolute atomic E-state index is 0.158. The molecule has 0 spiro atoms. The van der Waals surface area contributed by atoms with Crippen LogP contribution in [0.25, 0.3) is 0 Å². The number of benzene rings is 1. The number of rotatable bonds is 3. The fourth-order valence-electron chi connectivity index (χ4n) is 1.33. The first kappa shape index (κ1) is 9.82. The molecule has 0 aliphatic carbocycles. The molecule has 0 aliphatic rings. The number of aliphatic hydroxyl groups excluding tert-OH is 1. The summed E-state index contributed by atoms with van der Waals surface area (Å²) in [6.07, 6.45) is 0. The first-order chi connectivity index (χ1) is 7.31. The predicted octanol–water partition coefficient (Wildman–Crippen LogP) is 0.345. The van der Waals surface area contributed by atoms with Crippen molar-refractivity contribution < 1.29 is 5.11 Å². The molecular weight excluding hydrogens is 192 g/mol. The number of nitrogens with one attached hydrogen (secondary N) is 1. The summed E-state index contributed by atoms with van der Waals surface area (Å²) < 4.78 is 0. The number of aromatic nitrogens is 3.